The van der Waals surface area contributed by atoms with E-state index in [0.29, 0.717) is 48.4 Å². The van der Waals surface area contributed by atoms with Crippen LogP contribution in [0, 0.1) is 13.8 Å². The Kier molecular flexibility index (Phi) is 12.2. The molecule has 0 atom stereocenters. The number of aromatic hydroxyl groups is 2. The Morgan fingerprint density at radius 1 is 0.531 bits per heavy atom. The Labute approximate surface area is 210 Å². The van der Waals surface area contributed by atoms with E-state index in [1.54, 1.807) is 24.9 Å². The van der Waals surface area contributed by atoms with Gasteiger partial charge in [-0.15, -0.1) is 0 Å². The second kappa shape index (κ2) is 14.0. The third kappa shape index (κ3) is 8.03. The summed E-state index contributed by atoms with van der Waals surface area (Å²) in [6.07, 6.45) is 8.36. The Balaban J connectivity index is 0.00000256. The average Bonchev–Trinajstić information content (AvgIpc) is 2.71. The van der Waals surface area contributed by atoms with Gasteiger partial charge in [-0.2, -0.15) is 0 Å². The molecule has 0 saturated carbocycles. The van der Waals surface area contributed by atoms with Crippen LogP contribution in [-0.2, 0) is 34.1 Å². The quantitative estimate of drug-likeness (QED) is 0.523. The molecule has 2 N–H and O–H groups in total. The van der Waals surface area contributed by atoms with E-state index in [-0.39, 0.29) is 45.6 Å². The first-order chi connectivity index (χ1) is 14.5. The summed E-state index contributed by atoms with van der Waals surface area (Å²) in [6.45, 7) is 6.39. The molecule has 2 aromatic carbocycles. The van der Waals surface area contributed by atoms with Crippen LogP contribution in [0.25, 0.3) is 0 Å². The third-order valence-corrected chi connectivity index (χ3v) is 4.70. The number of benzene rings is 2. The van der Waals surface area contributed by atoms with Crippen LogP contribution in [0.3, 0.4) is 0 Å². The normalized spacial score (nSPS) is 14.3. The van der Waals surface area contributed by atoms with Crippen molar-refractivity contribution in [1.82, 2.24) is 0 Å². The molecule has 0 amide bonds. The molecule has 6 nitrogen and oxygen atoms in total. The van der Waals surface area contributed by atoms with Crippen LogP contribution in [0.4, 0.5) is 0 Å². The minimum absolute atomic E-state index is 0. The summed E-state index contributed by atoms with van der Waals surface area (Å²) < 4.78 is 0. The van der Waals surface area contributed by atoms with Crippen LogP contribution in [0.1, 0.15) is 46.2 Å². The number of aliphatic imine (C=N–C) groups is 4. The van der Waals surface area contributed by atoms with Gasteiger partial charge in [-0.05, 0) is 62.1 Å². The molecule has 2 radical (unpaired) electrons. The number of nitrogens with zero attached hydrogens (tertiary/aromatic N) is 4. The molecule has 0 unspecified atom stereocenters. The van der Waals surface area contributed by atoms with Gasteiger partial charge in [-0.1, -0.05) is 0 Å². The summed E-state index contributed by atoms with van der Waals surface area (Å²) in [4.78, 5) is 17.7. The summed E-state index contributed by atoms with van der Waals surface area (Å²) in [5, 5.41) is 21.0. The van der Waals surface area contributed by atoms with Crippen LogP contribution >= 0.6 is 0 Å². The fourth-order valence-electron chi connectivity index (χ4n) is 3.22. The van der Waals surface area contributed by atoms with E-state index in [0.717, 1.165) is 24.0 Å². The van der Waals surface area contributed by atoms with E-state index in [2.05, 4.69) is 20.0 Å². The van der Waals surface area contributed by atoms with Crippen molar-refractivity contribution in [3.8, 4) is 11.5 Å². The number of phenols is 2. The van der Waals surface area contributed by atoms with E-state index >= 15 is 0 Å². The van der Waals surface area contributed by atoms with Gasteiger partial charge in [-0.3, -0.25) is 20.0 Å². The van der Waals surface area contributed by atoms with Crippen molar-refractivity contribution >= 4 is 24.9 Å². The van der Waals surface area contributed by atoms with Crippen molar-refractivity contribution in [3.05, 3.63) is 57.6 Å². The van der Waals surface area contributed by atoms with Gasteiger partial charge in [0.15, 0.2) is 0 Å². The molecular weight excluding hydrogens is 486 g/mol. The molecule has 8 heteroatoms. The fourth-order valence-corrected chi connectivity index (χ4v) is 3.22. The summed E-state index contributed by atoms with van der Waals surface area (Å²) in [6, 6.07) is 7.64. The number of fused-ring (bicyclic) bond motifs is 4. The maximum Gasteiger partial charge on any atom is 0.133 e. The molecule has 170 valence electrons. The average molecular weight is 514 g/mol. The predicted octanol–water partition coefficient (Wildman–Crippen LogP) is 3.88. The first-order valence-corrected chi connectivity index (χ1v) is 10.2. The van der Waals surface area contributed by atoms with Gasteiger partial charge in [0.1, 0.15) is 11.5 Å². The summed E-state index contributed by atoms with van der Waals surface area (Å²) in [5.41, 5.74) is 4.85. The maximum atomic E-state index is 10.5. The molecule has 0 spiro atoms. The number of aryl methyl sites for hydroxylation is 2. The van der Waals surface area contributed by atoms with Crippen LogP contribution in [0.5, 0.6) is 11.5 Å². The van der Waals surface area contributed by atoms with E-state index < -0.39 is 0 Å². The Morgan fingerprint density at radius 2 is 0.781 bits per heavy atom. The zero-order valence-corrected chi connectivity index (χ0v) is 20.7. The molecule has 1 aliphatic rings. The van der Waals surface area contributed by atoms with Crippen LogP contribution in [0.2, 0.25) is 0 Å². The van der Waals surface area contributed by atoms with Crippen molar-refractivity contribution < 1.29 is 44.4 Å². The maximum absolute atomic E-state index is 10.5. The van der Waals surface area contributed by atoms with Crippen molar-refractivity contribution in [3.63, 3.8) is 0 Å². The molecule has 0 fully saturated rings. The Morgan fingerprint density at radius 3 is 1.03 bits per heavy atom. The molecule has 2 aromatic rings. The molecule has 3 rings (SSSR count). The summed E-state index contributed by atoms with van der Waals surface area (Å²) in [7, 11) is 0. The van der Waals surface area contributed by atoms with Gasteiger partial charge in [0.05, 0.1) is 0 Å². The van der Waals surface area contributed by atoms with Gasteiger partial charge in [-0.25, -0.2) is 0 Å². The summed E-state index contributed by atoms with van der Waals surface area (Å²) in [5.74, 6) is 0.394. The molecule has 32 heavy (non-hydrogen) atoms. The topological polar surface area (TPSA) is 89.9 Å². The van der Waals surface area contributed by atoms with Crippen molar-refractivity contribution in [2.45, 2.75) is 26.7 Å². The monoisotopic (exact) mass is 514 g/mol. The molecular formula is C24H28Mn2N4O2. The summed E-state index contributed by atoms with van der Waals surface area (Å²) >= 11 is 0. The van der Waals surface area contributed by atoms with Crippen LogP contribution in [0.15, 0.2) is 44.2 Å². The van der Waals surface area contributed by atoms with Gasteiger partial charge in [0.25, 0.3) is 0 Å². The van der Waals surface area contributed by atoms with Crippen LogP contribution < -0.4 is 0 Å². The van der Waals surface area contributed by atoms with Crippen molar-refractivity contribution in [2.75, 3.05) is 26.2 Å². The largest absolute Gasteiger partial charge is 0.507 e. The number of phenolic OH excluding ortho intramolecular Hbond substituents is 2. The van der Waals surface area contributed by atoms with Gasteiger partial charge in [0.2, 0.25) is 0 Å². The second-order valence-electron chi connectivity index (χ2n) is 7.43. The minimum atomic E-state index is 0. The standard InChI is InChI=1S/C24H28N4O2.2Mn/c1-17-9-19-13-25-5-3-7-27-15-21-11-18(2)12-22(24(21)30)16-28-8-4-6-26-14-20(10-17)23(19)29;;/h9-16,29-30H,3-8H2,1-2H3;;. The first kappa shape index (κ1) is 27.8. The second-order valence-corrected chi connectivity index (χ2v) is 7.43. The molecule has 0 aliphatic carbocycles. The number of rotatable bonds is 0. The van der Waals surface area contributed by atoms with Crippen molar-refractivity contribution in [1.29, 1.82) is 0 Å². The number of hydrogen-bond donors (Lipinski definition) is 2. The molecule has 1 heterocycles. The molecule has 4 bridgehead atoms. The van der Waals surface area contributed by atoms with Gasteiger partial charge >= 0.3 is 0 Å². The smallest absolute Gasteiger partial charge is 0.133 e. The zero-order valence-electron chi connectivity index (χ0n) is 18.3. The van der Waals surface area contributed by atoms with E-state index in [9.17, 15) is 10.2 Å². The van der Waals surface area contributed by atoms with E-state index in [1.165, 1.54) is 0 Å². The SMILES string of the molecule is Cc1cc2c(O)c(c1)C=NCCCN=Cc1cc(C)cc(c1O)C=NCCCN=C2.[Mn].[Mn]. The Hall–Kier alpha value is -2.24. The molecule has 0 saturated heterocycles. The van der Waals surface area contributed by atoms with Crippen molar-refractivity contribution in [2.24, 2.45) is 20.0 Å². The fraction of sp³-hybridized carbons (Fsp3) is 0.333. The zero-order chi connectivity index (χ0) is 21.3. The van der Waals surface area contributed by atoms with Crippen LogP contribution in [-0.4, -0.2) is 61.3 Å². The third-order valence-electron chi connectivity index (χ3n) is 4.70. The minimum Gasteiger partial charge on any atom is -0.507 e. The van der Waals surface area contributed by atoms with Gasteiger partial charge < -0.3 is 10.2 Å². The first-order valence-electron chi connectivity index (χ1n) is 10.2. The molecule has 1 aliphatic heterocycles. The Bertz CT molecular complexity index is 866. The molecule has 0 aromatic heterocycles. The van der Waals surface area contributed by atoms with E-state index in [4.69, 9.17) is 0 Å². The number of hydrogen-bond acceptors (Lipinski definition) is 6. The predicted molar refractivity (Wildman–Crippen MR) is 125 cm³/mol. The van der Waals surface area contributed by atoms with Gasteiger partial charge in [0, 0.05) is 107 Å². The van der Waals surface area contributed by atoms with E-state index in [1.807, 2.05) is 38.1 Å².